The quantitative estimate of drug-likeness (QED) is 0.117. The number of hydrogen-bond donors (Lipinski definition) is 9. The van der Waals surface area contributed by atoms with Crippen LogP contribution in [-0.4, -0.2) is 84.9 Å². The number of hydrogen-bond acceptors (Lipinski definition) is 9. The molecule has 4 unspecified atom stereocenters. The molecular formula is C23H30N6O8S. The number of nitrogens with two attached hydrogens (primary N) is 1. The summed E-state index contributed by atoms with van der Waals surface area (Å²) in [6, 6.07) is 0.791. The molecule has 14 nitrogen and oxygen atoms in total. The van der Waals surface area contributed by atoms with E-state index >= 15 is 0 Å². The molecule has 1 heterocycles. The molecule has 2 aromatic rings. The van der Waals surface area contributed by atoms with E-state index in [1.807, 2.05) is 0 Å². The molecule has 206 valence electrons. The van der Waals surface area contributed by atoms with Gasteiger partial charge < -0.3 is 42.0 Å². The van der Waals surface area contributed by atoms with Gasteiger partial charge in [0.05, 0.1) is 12.4 Å². The number of carboxylic acid groups (broad SMARTS) is 2. The maximum atomic E-state index is 13.1. The van der Waals surface area contributed by atoms with Crippen LogP contribution >= 0.6 is 12.6 Å². The summed E-state index contributed by atoms with van der Waals surface area (Å²) in [5.74, 6) is -4.99. The van der Waals surface area contributed by atoms with Gasteiger partial charge in [-0.15, -0.1) is 0 Å². The highest BCUT2D eigenvalue weighted by atomic mass is 32.1. The van der Waals surface area contributed by atoms with Crippen LogP contribution in [0.3, 0.4) is 0 Å². The van der Waals surface area contributed by atoms with Crippen LogP contribution in [-0.2, 0) is 36.8 Å². The van der Waals surface area contributed by atoms with Gasteiger partial charge in [0.1, 0.15) is 23.9 Å². The Morgan fingerprint density at radius 2 is 1.53 bits per heavy atom. The number of aromatic hydroxyl groups is 1. The number of nitrogens with one attached hydrogen (secondary N) is 4. The lowest BCUT2D eigenvalue weighted by Gasteiger charge is -2.24. The van der Waals surface area contributed by atoms with Gasteiger partial charge in [0.2, 0.25) is 17.7 Å². The fourth-order valence-corrected chi connectivity index (χ4v) is 3.58. The Hall–Kier alpha value is -4.11. The average molecular weight is 551 g/mol. The van der Waals surface area contributed by atoms with Crippen LogP contribution in [0.5, 0.6) is 5.75 Å². The minimum absolute atomic E-state index is 0.00197. The second kappa shape index (κ2) is 14.6. The van der Waals surface area contributed by atoms with Crippen molar-refractivity contribution in [2.24, 2.45) is 5.73 Å². The number of rotatable bonds is 15. The molecule has 0 aliphatic rings. The number of aromatic amines is 1. The number of amides is 3. The summed E-state index contributed by atoms with van der Waals surface area (Å²) < 4.78 is 0. The molecule has 1 aromatic carbocycles. The molecule has 0 aliphatic carbocycles. The number of phenols is 1. The molecule has 0 bridgehead atoms. The number of carboxylic acids is 2. The maximum absolute atomic E-state index is 13.1. The van der Waals surface area contributed by atoms with Gasteiger partial charge in [0.25, 0.3) is 0 Å². The highest BCUT2D eigenvalue weighted by Crippen LogP contribution is 2.12. The smallest absolute Gasteiger partial charge is 0.326 e. The van der Waals surface area contributed by atoms with Crippen LogP contribution in [0.4, 0.5) is 0 Å². The van der Waals surface area contributed by atoms with Gasteiger partial charge in [-0.1, -0.05) is 12.1 Å². The zero-order chi connectivity index (χ0) is 28.2. The van der Waals surface area contributed by atoms with Crippen molar-refractivity contribution in [1.29, 1.82) is 0 Å². The number of carbonyl (C=O) groups is 5. The van der Waals surface area contributed by atoms with Crippen molar-refractivity contribution >= 4 is 42.3 Å². The second-order valence-corrected chi connectivity index (χ2v) is 8.76. The van der Waals surface area contributed by atoms with E-state index in [-0.39, 0.29) is 37.2 Å². The zero-order valence-electron chi connectivity index (χ0n) is 20.2. The first kappa shape index (κ1) is 30.1. The molecule has 15 heteroatoms. The topological polar surface area (TPSA) is 237 Å². The van der Waals surface area contributed by atoms with Crippen molar-refractivity contribution in [3.8, 4) is 5.75 Å². The molecular weight excluding hydrogens is 520 g/mol. The van der Waals surface area contributed by atoms with Gasteiger partial charge >= 0.3 is 11.9 Å². The normalized spacial score (nSPS) is 13.9. The van der Waals surface area contributed by atoms with Crippen molar-refractivity contribution in [2.45, 2.75) is 49.9 Å². The second-order valence-electron chi connectivity index (χ2n) is 8.39. The van der Waals surface area contributed by atoms with Gasteiger partial charge in [-0.2, -0.15) is 12.6 Å². The predicted molar refractivity (Wildman–Crippen MR) is 136 cm³/mol. The Balaban J connectivity index is 2.09. The number of carbonyl (C=O) groups excluding carboxylic acids is 3. The average Bonchev–Trinajstić information content (AvgIpc) is 3.39. The maximum Gasteiger partial charge on any atom is 0.326 e. The minimum atomic E-state index is -1.33. The van der Waals surface area contributed by atoms with Crippen molar-refractivity contribution in [2.75, 3.05) is 5.75 Å². The Morgan fingerprint density at radius 3 is 2.08 bits per heavy atom. The summed E-state index contributed by atoms with van der Waals surface area (Å²) in [7, 11) is 0. The molecule has 0 aliphatic heterocycles. The molecule has 3 amide bonds. The van der Waals surface area contributed by atoms with E-state index in [4.69, 9.17) is 10.8 Å². The number of aromatic nitrogens is 2. The molecule has 9 N–H and O–H groups in total. The molecule has 0 radical (unpaired) electrons. The molecule has 38 heavy (non-hydrogen) atoms. The number of nitrogens with zero attached hydrogens (tertiary/aromatic N) is 1. The number of aliphatic carboxylic acids is 2. The Kier molecular flexibility index (Phi) is 11.6. The number of thiol groups is 1. The monoisotopic (exact) mass is 550 g/mol. The summed E-state index contributed by atoms with van der Waals surface area (Å²) in [6.07, 6.45) is 2.17. The molecule has 0 fully saturated rings. The third kappa shape index (κ3) is 9.74. The van der Waals surface area contributed by atoms with Crippen LogP contribution in [0.1, 0.15) is 24.1 Å². The van der Waals surface area contributed by atoms with E-state index in [0.717, 1.165) is 0 Å². The van der Waals surface area contributed by atoms with E-state index in [0.29, 0.717) is 11.3 Å². The lowest BCUT2D eigenvalue weighted by Crippen LogP contribution is -2.58. The van der Waals surface area contributed by atoms with Gasteiger partial charge in [0, 0.05) is 36.9 Å². The summed E-state index contributed by atoms with van der Waals surface area (Å²) in [5.41, 5.74) is 6.77. The lowest BCUT2D eigenvalue weighted by molar-refractivity contribution is -0.142. The number of benzene rings is 1. The molecule has 0 spiro atoms. The molecule has 4 atom stereocenters. The van der Waals surface area contributed by atoms with Gasteiger partial charge in [0.15, 0.2) is 0 Å². The first-order chi connectivity index (χ1) is 18.0. The standard InChI is InChI=1S/C23H30N6O8S/c24-15(5-6-19(31)32)20(33)27-16(8-13-9-25-11-26-13)21(34)29-18(10-38)22(35)28-17(23(36)37)7-12-1-3-14(30)4-2-12/h1-4,9,11,15-18,30,38H,5-8,10,24H2,(H,25,26)(H,27,33)(H,28,35)(H,29,34)(H,31,32)(H,36,37). The highest BCUT2D eigenvalue weighted by Gasteiger charge is 2.30. The fraction of sp³-hybridized carbons (Fsp3) is 0.391. The minimum Gasteiger partial charge on any atom is -0.508 e. The fourth-order valence-electron chi connectivity index (χ4n) is 3.32. The van der Waals surface area contributed by atoms with Crippen LogP contribution < -0.4 is 21.7 Å². The lowest BCUT2D eigenvalue weighted by atomic mass is 10.1. The van der Waals surface area contributed by atoms with Crippen LogP contribution in [0, 0.1) is 0 Å². The SMILES string of the molecule is NC(CCC(=O)O)C(=O)NC(Cc1cnc[nH]1)C(=O)NC(CS)C(=O)NC(Cc1ccc(O)cc1)C(=O)O. The number of H-pyrrole nitrogens is 1. The van der Waals surface area contributed by atoms with E-state index in [2.05, 4.69) is 38.5 Å². The predicted octanol–water partition coefficient (Wildman–Crippen LogP) is -1.44. The van der Waals surface area contributed by atoms with Crippen LogP contribution in [0.25, 0.3) is 0 Å². The van der Waals surface area contributed by atoms with Gasteiger partial charge in [-0.3, -0.25) is 19.2 Å². The van der Waals surface area contributed by atoms with Crippen LogP contribution in [0.2, 0.25) is 0 Å². The molecule has 0 saturated carbocycles. The van der Waals surface area contributed by atoms with E-state index < -0.39 is 53.8 Å². The Bertz CT molecular complexity index is 1110. The van der Waals surface area contributed by atoms with E-state index in [1.165, 1.54) is 36.8 Å². The summed E-state index contributed by atoms with van der Waals surface area (Å²) in [5, 5.41) is 35.0. The number of phenolic OH excluding ortho intramolecular Hbond substituents is 1. The third-order valence-electron chi connectivity index (χ3n) is 5.42. The van der Waals surface area contributed by atoms with Crippen molar-refractivity contribution in [3.63, 3.8) is 0 Å². The summed E-state index contributed by atoms with van der Waals surface area (Å²) in [6.45, 7) is 0. The molecule has 2 rings (SSSR count). The van der Waals surface area contributed by atoms with Crippen molar-refractivity contribution in [3.05, 3.63) is 48.0 Å². The summed E-state index contributed by atoms with van der Waals surface area (Å²) >= 11 is 4.09. The van der Waals surface area contributed by atoms with Gasteiger partial charge in [-0.25, -0.2) is 9.78 Å². The van der Waals surface area contributed by atoms with Crippen LogP contribution in [0.15, 0.2) is 36.8 Å². The zero-order valence-corrected chi connectivity index (χ0v) is 21.1. The third-order valence-corrected chi connectivity index (χ3v) is 5.79. The van der Waals surface area contributed by atoms with Gasteiger partial charge in [-0.05, 0) is 24.1 Å². The molecule has 1 aromatic heterocycles. The summed E-state index contributed by atoms with van der Waals surface area (Å²) in [4.78, 5) is 67.5. The Morgan fingerprint density at radius 1 is 0.921 bits per heavy atom. The first-order valence-electron chi connectivity index (χ1n) is 11.5. The molecule has 0 saturated heterocycles. The van der Waals surface area contributed by atoms with E-state index in [9.17, 15) is 34.2 Å². The number of imidazole rings is 1. The van der Waals surface area contributed by atoms with Crippen molar-refractivity contribution < 1.29 is 39.3 Å². The van der Waals surface area contributed by atoms with Crippen molar-refractivity contribution in [1.82, 2.24) is 25.9 Å². The Labute approximate surface area is 222 Å². The first-order valence-corrected chi connectivity index (χ1v) is 12.1. The largest absolute Gasteiger partial charge is 0.508 e. The highest BCUT2D eigenvalue weighted by molar-refractivity contribution is 7.80. The van der Waals surface area contributed by atoms with E-state index in [1.54, 1.807) is 0 Å².